The van der Waals surface area contributed by atoms with Crippen molar-refractivity contribution in [1.82, 2.24) is 19.7 Å². The third-order valence-corrected chi connectivity index (χ3v) is 5.58. The number of carbonyl (C=O) groups is 1. The second-order valence-electron chi connectivity index (χ2n) is 6.82. The molecule has 2 aromatic heterocycles. The maximum atomic E-state index is 12.6. The van der Waals surface area contributed by atoms with E-state index in [4.69, 9.17) is 0 Å². The van der Waals surface area contributed by atoms with E-state index in [1.165, 1.54) is 24.2 Å². The summed E-state index contributed by atoms with van der Waals surface area (Å²) < 4.78 is 2.19. The molecule has 1 amide bonds. The fraction of sp³-hybridized carbons (Fsp3) is 0.200. The summed E-state index contributed by atoms with van der Waals surface area (Å²) in [5.74, 6) is -0.204. The van der Waals surface area contributed by atoms with Gasteiger partial charge in [-0.2, -0.15) is 0 Å². The number of anilines is 1. The van der Waals surface area contributed by atoms with E-state index in [0.29, 0.717) is 16.7 Å². The van der Waals surface area contributed by atoms with Crippen molar-refractivity contribution in [2.75, 3.05) is 5.32 Å². The van der Waals surface area contributed by atoms with Crippen molar-refractivity contribution in [2.45, 2.75) is 25.8 Å². The predicted molar refractivity (Wildman–Crippen MR) is 106 cm³/mol. The van der Waals surface area contributed by atoms with Crippen molar-refractivity contribution < 1.29 is 4.79 Å². The van der Waals surface area contributed by atoms with E-state index in [2.05, 4.69) is 31.1 Å². The number of aromatic nitrogens is 4. The Morgan fingerprint density at radius 3 is 2.89 bits per heavy atom. The fourth-order valence-corrected chi connectivity index (χ4v) is 3.89. The van der Waals surface area contributed by atoms with Gasteiger partial charge in [0.25, 0.3) is 5.91 Å². The molecule has 4 aromatic rings. The molecule has 6 nitrogen and oxygen atoms in total. The maximum Gasteiger partial charge on any atom is 0.257 e. The molecule has 0 atom stereocenters. The summed E-state index contributed by atoms with van der Waals surface area (Å²) in [5, 5.41) is 12.4. The zero-order valence-electron chi connectivity index (χ0n) is 14.7. The average molecular weight is 375 g/mol. The number of carbonyl (C=O) groups excluding carboxylic acids is 1. The summed E-state index contributed by atoms with van der Waals surface area (Å²) in [7, 11) is 0. The first-order chi connectivity index (χ1) is 13.2. The molecule has 27 heavy (non-hydrogen) atoms. The summed E-state index contributed by atoms with van der Waals surface area (Å²) >= 11 is 1.36. The van der Waals surface area contributed by atoms with Crippen molar-refractivity contribution in [3.63, 3.8) is 0 Å². The van der Waals surface area contributed by atoms with Gasteiger partial charge < -0.3 is 4.57 Å². The summed E-state index contributed by atoms with van der Waals surface area (Å²) in [4.78, 5) is 17.0. The Hall–Kier alpha value is -3.06. The van der Waals surface area contributed by atoms with Gasteiger partial charge >= 0.3 is 0 Å². The van der Waals surface area contributed by atoms with Crippen molar-refractivity contribution in [3.05, 3.63) is 59.9 Å². The van der Waals surface area contributed by atoms with Crippen LogP contribution in [0.15, 0.2) is 48.8 Å². The number of aryl methyl sites for hydroxylation is 1. The predicted octanol–water partition coefficient (Wildman–Crippen LogP) is 4.45. The Morgan fingerprint density at radius 2 is 2.07 bits per heavy atom. The number of hydrogen-bond acceptors (Lipinski definition) is 5. The Labute approximate surface area is 159 Å². The van der Waals surface area contributed by atoms with E-state index < -0.39 is 0 Å². The zero-order chi connectivity index (χ0) is 18.4. The van der Waals surface area contributed by atoms with Crippen molar-refractivity contribution in [1.29, 1.82) is 0 Å². The monoisotopic (exact) mass is 375 g/mol. The molecule has 2 heterocycles. The molecule has 0 aliphatic heterocycles. The Bertz CT molecular complexity index is 1160. The molecule has 1 aliphatic carbocycles. The van der Waals surface area contributed by atoms with Gasteiger partial charge in [0.15, 0.2) is 0 Å². The van der Waals surface area contributed by atoms with Crippen LogP contribution < -0.4 is 5.32 Å². The van der Waals surface area contributed by atoms with E-state index in [9.17, 15) is 4.79 Å². The van der Waals surface area contributed by atoms with Gasteiger partial charge in [-0.05, 0) is 44.0 Å². The molecule has 7 heteroatoms. The highest BCUT2D eigenvalue weighted by Crippen LogP contribution is 2.37. The highest BCUT2D eigenvalue weighted by Gasteiger charge is 2.25. The van der Waals surface area contributed by atoms with Gasteiger partial charge in [0.1, 0.15) is 5.01 Å². The summed E-state index contributed by atoms with van der Waals surface area (Å²) in [5.41, 5.74) is 4.64. The lowest BCUT2D eigenvalue weighted by Gasteiger charge is -2.03. The lowest BCUT2D eigenvalue weighted by molar-refractivity contribution is 0.102. The third kappa shape index (κ3) is 3.10. The number of fused-ring (bicyclic) bond motifs is 1. The molecule has 0 spiro atoms. The standard InChI is InChI=1S/C20H17N5OS/c1-12-3-2-4-14(9-12)19-23-24-20(27-19)22-18(26)13-5-8-17-16(10-13)21-11-25(17)15-6-7-15/h2-5,8-11,15H,6-7H2,1H3,(H,22,24,26). The quantitative estimate of drug-likeness (QED) is 0.572. The molecule has 0 radical (unpaired) electrons. The minimum Gasteiger partial charge on any atom is -0.327 e. The molecule has 1 fully saturated rings. The van der Waals surface area contributed by atoms with Crippen molar-refractivity contribution >= 4 is 33.4 Å². The summed E-state index contributed by atoms with van der Waals surface area (Å²) in [6, 6.07) is 14.3. The van der Waals surface area contributed by atoms with E-state index >= 15 is 0 Å². The number of imidazole rings is 1. The number of nitrogens with zero attached hydrogens (tertiary/aromatic N) is 4. The number of rotatable bonds is 4. The van der Waals surface area contributed by atoms with Crippen LogP contribution in [0.25, 0.3) is 21.6 Å². The van der Waals surface area contributed by atoms with Crippen LogP contribution in [0.3, 0.4) is 0 Å². The van der Waals surface area contributed by atoms with Gasteiger partial charge in [-0.3, -0.25) is 10.1 Å². The van der Waals surface area contributed by atoms with Crippen LogP contribution >= 0.6 is 11.3 Å². The topological polar surface area (TPSA) is 72.7 Å². The first kappa shape index (κ1) is 16.1. The van der Waals surface area contributed by atoms with Gasteiger partial charge in [0.05, 0.1) is 17.4 Å². The summed E-state index contributed by atoms with van der Waals surface area (Å²) in [6.07, 6.45) is 4.27. The molecule has 0 saturated heterocycles. The molecule has 2 aromatic carbocycles. The van der Waals surface area contributed by atoms with Crippen LogP contribution in [0.2, 0.25) is 0 Å². The Morgan fingerprint density at radius 1 is 1.19 bits per heavy atom. The maximum absolute atomic E-state index is 12.6. The van der Waals surface area contributed by atoms with Crippen molar-refractivity contribution in [3.8, 4) is 10.6 Å². The van der Waals surface area contributed by atoms with Crippen LogP contribution in [-0.4, -0.2) is 25.7 Å². The molecule has 1 aliphatic rings. The number of nitrogens with one attached hydrogen (secondary N) is 1. The average Bonchev–Trinajstić information content (AvgIpc) is 3.25. The first-order valence-corrected chi connectivity index (χ1v) is 9.67. The molecule has 1 saturated carbocycles. The number of hydrogen-bond donors (Lipinski definition) is 1. The second kappa shape index (κ2) is 6.28. The number of amides is 1. The summed E-state index contributed by atoms with van der Waals surface area (Å²) in [6.45, 7) is 2.04. The zero-order valence-corrected chi connectivity index (χ0v) is 15.5. The molecular weight excluding hydrogens is 358 g/mol. The molecule has 134 valence electrons. The minimum absolute atomic E-state index is 0.204. The molecule has 0 unspecified atom stereocenters. The van der Waals surface area contributed by atoms with Gasteiger partial charge in [0, 0.05) is 17.2 Å². The van der Waals surface area contributed by atoms with E-state index in [0.717, 1.165) is 27.2 Å². The normalized spacial score (nSPS) is 13.8. The molecule has 1 N–H and O–H groups in total. The molecule has 0 bridgehead atoms. The van der Waals surface area contributed by atoms with Crippen LogP contribution in [0, 0.1) is 6.92 Å². The van der Waals surface area contributed by atoms with Crippen LogP contribution in [0.1, 0.15) is 34.8 Å². The SMILES string of the molecule is Cc1cccc(-c2nnc(NC(=O)c3ccc4c(c3)ncn4C3CC3)s2)c1. The van der Waals surface area contributed by atoms with Gasteiger partial charge in [-0.25, -0.2) is 4.98 Å². The van der Waals surface area contributed by atoms with E-state index in [1.807, 2.05) is 49.6 Å². The van der Waals surface area contributed by atoms with Gasteiger partial charge in [-0.1, -0.05) is 35.1 Å². The second-order valence-corrected chi connectivity index (χ2v) is 7.80. The molecular formula is C20H17N5OS. The van der Waals surface area contributed by atoms with Crippen LogP contribution in [0.4, 0.5) is 5.13 Å². The van der Waals surface area contributed by atoms with Crippen LogP contribution in [0.5, 0.6) is 0 Å². The third-order valence-electron chi connectivity index (χ3n) is 4.69. The highest BCUT2D eigenvalue weighted by atomic mass is 32.1. The lowest BCUT2D eigenvalue weighted by Crippen LogP contribution is -2.11. The van der Waals surface area contributed by atoms with Crippen molar-refractivity contribution in [2.24, 2.45) is 0 Å². The largest absolute Gasteiger partial charge is 0.327 e. The van der Waals surface area contributed by atoms with E-state index in [-0.39, 0.29) is 5.91 Å². The van der Waals surface area contributed by atoms with Crippen LogP contribution in [-0.2, 0) is 0 Å². The van der Waals surface area contributed by atoms with Gasteiger partial charge in [-0.15, -0.1) is 10.2 Å². The fourth-order valence-electron chi connectivity index (χ4n) is 3.15. The highest BCUT2D eigenvalue weighted by molar-refractivity contribution is 7.18. The Kier molecular flexibility index (Phi) is 3.75. The lowest BCUT2D eigenvalue weighted by atomic mass is 10.1. The Balaban J connectivity index is 1.36. The first-order valence-electron chi connectivity index (χ1n) is 8.86. The minimum atomic E-state index is -0.204. The van der Waals surface area contributed by atoms with E-state index in [1.54, 1.807) is 0 Å². The molecule has 5 rings (SSSR count). The van der Waals surface area contributed by atoms with Gasteiger partial charge in [0.2, 0.25) is 5.13 Å². The number of benzene rings is 2. The smallest absolute Gasteiger partial charge is 0.257 e.